The second kappa shape index (κ2) is 5.57. The van der Waals surface area contributed by atoms with Crippen molar-refractivity contribution in [3.63, 3.8) is 0 Å². The van der Waals surface area contributed by atoms with Gasteiger partial charge in [-0.05, 0) is 62.7 Å². The van der Waals surface area contributed by atoms with Gasteiger partial charge in [0, 0.05) is 16.1 Å². The van der Waals surface area contributed by atoms with Crippen molar-refractivity contribution in [1.82, 2.24) is 4.90 Å². The van der Waals surface area contributed by atoms with Crippen LogP contribution in [0.1, 0.15) is 24.4 Å². The number of nitrogens with two attached hydrogens (primary N) is 1. The number of rotatable bonds is 2. The third-order valence-electron chi connectivity index (χ3n) is 3.59. The predicted octanol–water partition coefficient (Wildman–Crippen LogP) is 3.34. The number of likely N-dealkylation sites (tertiary alicyclic amines) is 1. The Balaban J connectivity index is 2.37. The molecule has 1 aliphatic rings. The van der Waals surface area contributed by atoms with Crippen LogP contribution in [0.15, 0.2) is 18.2 Å². The van der Waals surface area contributed by atoms with Crippen LogP contribution in [0.4, 0.5) is 0 Å². The van der Waals surface area contributed by atoms with E-state index < -0.39 is 0 Å². The molecule has 0 amide bonds. The number of benzene rings is 1. The number of nitrogens with zero attached hydrogens (tertiary/aromatic N) is 1. The summed E-state index contributed by atoms with van der Waals surface area (Å²) in [7, 11) is 2.13. The van der Waals surface area contributed by atoms with Gasteiger partial charge in [0.15, 0.2) is 0 Å². The van der Waals surface area contributed by atoms with E-state index in [0.717, 1.165) is 28.6 Å². The monoisotopic (exact) mass is 272 g/mol. The Kier molecular flexibility index (Phi) is 4.31. The molecule has 1 saturated heterocycles. The molecular formula is C13H18Cl2N2. The molecule has 0 radical (unpaired) electrons. The Hall–Kier alpha value is -0.280. The van der Waals surface area contributed by atoms with Crippen molar-refractivity contribution in [3.8, 4) is 0 Å². The first-order chi connectivity index (χ1) is 8.13. The van der Waals surface area contributed by atoms with Crippen molar-refractivity contribution in [2.75, 3.05) is 20.1 Å². The van der Waals surface area contributed by atoms with Gasteiger partial charge in [0.2, 0.25) is 0 Å². The van der Waals surface area contributed by atoms with Gasteiger partial charge in [0.05, 0.1) is 0 Å². The van der Waals surface area contributed by atoms with Gasteiger partial charge in [0.25, 0.3) is 0 Å². The van der Waals surface area contributed by atoms with Gasteiger partial charge >= 0.3 is 0 Å². The number of hydrogen-bond donors (Lipinski definition) is 1. The summed E-state index contributed by atoms with van der Waals surface area (Å²) in [4.78, 5) is 2.33. The van der Waals surface area contributed by atoms with Crippen molar-refractivity contribution < 1.29 is 0 Å². The Morgan fingerprint density at radius 2 is 2.18 bits per heavy atom. The van der Waals surface area contributed by atoms with Crippen molar-refractivity contribution in [2.45, 2.75) is 18.9 Å². The average Bonchev–Trinajstić information content (AvgIpc) is 2.32. The molecule has 2 N–H and O–H groups in total. The third-order valence-corrected chi connectivity index (χ3v) is 4.17. The molecule has 0 aromatic heterocycles. The van der Waals surface area contributed by atoms with E-state index in [1.54, 1.807) is 0 Å². The molecular weight excluding hydrogens is 255 g/mol. The SMILES string of the molecule is CN1CCCC(CN)C1c1cc(Cl)ccc1Cl. The molecule has 2 atom stereocenters. The Labute approximate surface area is 113 Å². The van der Waals surface area contributed by atoms with Crippen LogP contribution in [0.25, 0.3) is 0 Å². The lowest BCUT2D eigenvalue weighted by molar-refractivity contribution is 0.125. The fraction of sp³-hybridized carbons (Fsp3) is 0.538. The summed E-state index contributed by atoms with van der Waals surface area (Å²) < 4.78 is 0. The summed E-state index contributed by atoms with van der Waals surface area (Å²) in [6, 6.07) is 5.96. The van der Waals surface area contributed by atoms with Gasteiger partial charge in [-0.25, -0.2) is 0 Å². The Morgan fingerprint density at radius 1 is 1.41 bits per heavy atom. The standard InChI is InChI=1S/C13H18Cl2N2/c1-17-6-2-3-9(8-16)13(17)11-7-10(14)4-5-12(11)15/h4-5,7,9,13H,2-3,6,8,16H2,1H3. The predicted molar refractivity (Wildman–Crippen MR) is 73.6 cm³/mol. The summed E-state index contributed by atoms with van der Waals surface area (Å²) >= 11 is 12.4. The minimum atomic E-state index is 0.292. The van der Waals surface area contributed by atoms with Crippen LogP contribution in [0, 0.1) is 5.92 Å². The first kappa shape index (κ1) is 13.2. The molecule has 0 spiro atoms. The van der Waals surface area contributed by atoms with Crippen LogP contribution in [0.3, 0.4) is 0 Å². The summed E-state index contributed by atoms with van der Waals surface area (Å²) in [6.45, 7) is 1.78. The molecule has 1 aliphatic heterocycles. The first-order valence-corrected chi connectivity index (χ1v) is 6.74. The Bertz CT molecular complexity index is 395. The summed E-state index contributed by atoms with van der Waals surface area (Å²) in [6.07, 6.45) is 2.36. The molecule has 1 aromatic carbocycles. The van der Waals surface area contributed by atoms with Crippen molar-refractivity contribution in [3.05, 3.63) is 33.8 Å². The molecule has 0 saturated carbocycles. The molecule has 0 bridgehead atoms. The largest absolute Gasteiger partial charge is 0.330 e. The minimum absolute atomic E-state index is 0.292. The zero-order valence-corrected chi connectivity index (χ0v) is 11.5. The quantitative estimate of drug-likeness (QED) is 0.895. The van der Waals surface area contributed by atoms with Crippen molar-refractivity contribution in [1.29, 1.82) is 0 Å². The van der Waals surface area contributed by atoms with E-state index in [4.69, 9.17) is 28.9 Å². The molecule has 2 rings (SSSR count). The van der Waals surface area contributed by atoms with E-state index in [9.17, 15) is 0 Å². The lowest BCUT2D eigenvalue weighted by Crippen LogP contribution is -2.39. The second-order valence-electron chi connectivity index (χ2n) is 4.73. The van der Waals surface area contributed by atoms with Gasteiger partial charge in [-0.2, -0.15) is 0 Å². The summed E-state index contributed by atoms with van der Waals surface area (Å²) in [5, 5.41) is 1.52. The van der Waals surface area contributed by atoms with E-state index in [2.05, 4.69) is 11.9 Å². The van der Waals surface area contributed by atoms with Gasteiger partial charge in [-0.3, -0.25) is 4.90 Å². The van der Waals surface area contributed by atoms with Crippen LogP contribution in [-0.2, 0) is 0 Å². The second-order valence-corrected chi connectivity index (χ2v) is 5.57. The van der Waals surface area contributed by atoms with E-state index >= 15 is 0 Å². The molecule has 94 valence electrons. The highest BCUT2D eigenvalue weighted by atomic mass is 35.5. The minimum Gasteiger partial charge on any atom is -0.330 e. The van der Waals surface area contributed by atoms with Crippen LogP contribution in [0.5, 0.6) is 0 Å². The normalized spacial score (nSPS) is 26.1. The van der Waals surface area contributed by atoms with Crippen molar-refractivity contribution in [2.24, 2.45) is 11.7 Å². The lowest BCUT2D eigenvalue weighted by Gasteiger charge is -2.39. The van der Waals surface area contributed by atoms with Gasteiger partial charge in [-0.15, -0.1) is 0 Å². The molecule has 1 aromatic rings. The molecule has 17 heavy (non-hydrogen) atoms. The maximum absolute atomic E-state index is 6.29. The summed E-state index contributed by atoms with van der Waals surface area (Å²) in [5.74, 6) is 0.463. The number of halogens is 2. The third kappa shape index (κ3) is 2.76. The van der Waals surface area contributed by atoms with Crippen LogP contribution in [0.2, 0.25) is 10.0 Å². The van der Waals surface area contributed by atoms with E-state index in [1.807, 2.05) is 18.2 Å². The first-order valence-electron chi connectivity index (χ1n) is 5.98. The van der Waals surface area contributed by atoms with E-state index in [1.165, 1.54) is 6.42 Å². The molecule has 4 heteroatoms. The smallest absolute Gasteiger partial charge is 0.0455 e. The van der Waals surface area contributed by atoms with Crippen LogP contribution >= 0.6 is 23.2 Å². The molecule has 2 unspecified atom stereocenters. The molecule has 1 fully saturated rings. The number of piperidine rings is 1. The molecule has 2 nitrogen and oxygen atoms in total. The van der Waals surface area contributed by atoms with Gasteiger partial charge in [0.1, 0.15) is 0 Å². The molecule has 0 aliphatic carbocycles. The molecule has 1 heterocycles. The Morgan fingerprint density at radius 3 is 2.88 bits per heavy atom. The van der Waals surface area contributed by atoms with Crippen LogP contribution in [-0.4, -0.2) is 25.0 Å². The topological polar surface area (TPSA) is 29.3 Å². The zero-order chi connectivity index (χ0) is 12.4. The highest BCUT2D eigenvalue weighted by molar-refractivity contribution is 6.33. The van der Waals surface area contributed by atoms with E-state index in [-0.39, 0.29) is 0 Å². The van der Waals surface area contributed by atoms with Crippen molar-refractivity contribution >= 4 is 23.2 Å². The maximum atomic E-state index is 6.29. The van der Waals surface area contributed by atoms with E-state index in [0.29, 0.717) is 18.5 Å². The maximum Gasteiger partial charge on any atom is 0.0455 e. The van der Waals surface area contributed by atoms with Gasteiger partial charge < -0.3 is 5.73 Å². The fourth-order valence-electron chi connectivity index (χ4n) is 2.74. The van der Waals surface area contributed by atoms with Gasteiger partial charge in [-0.1, -0.05) is 23.2 Å². The fourth-order valence-corrected chi connectivity index (χ4v) is 3.15. The van der Waals surface area contributed by atoms with Crippen LogP contribution < -0.4 is 5.73 Å². The highest BCUT2D eigenvalue weighted by Crippen LogP contribution is 2.38. The average molecular weight is 273 g/mol. The zero-order valence-electron chi connectivity index (χ0n) is 10.00. The lowest BCUT2D eigenvalue weighted by atomic mass is 9.85. The highest BCUT2D eigenvalue weighted by Gasteiger charge is 2.30. The summed E-state index contributed by atoms with van der Waals surface area (Å²) in [5.41, 5.74) is 6.99. The number of hydrogen-bond acceptors (Lipinski definition) is 2.